The number of rotatable bonds is 2. The lowest BCUT2D eigenvalue weighted by molar-refractivity contribution is -0.0489. The van der Waals surface area contributed by atoms with Gasteiger partial charge in [-0.1, -0.05) is 27.3 Å². The molecule has 15 heavy (non-hydrogen) atoms. The molecule has 0 fully saturated rings. The summed E-state index contributed by atoms with van der Waals surface area (Å²) in [6.45, 7) is -2.87. The van der Waals surface area contributed by atoms with E-state index in [0.29, 0.717) is 19.8 Å². The molecule has 0 amide bonds. The summed E-state index contributed by atoms with van der Waals surface area (Å²) in [5.74, 6) is 0.0299. The quantitative estimate of drug-likeness (QED) is 0.925. The van der Waals surface area contributed by atoms with E-state index in [1.54, 1.807) is 6.07 Å². The molecule has 0 radical (unpaired) electrons. The second-order valence-corrected chi connectivity index (χ2v) is 4.66. The minimum Gasteiger partial charge on any atom is -0.432 e. The molecule has 0 unspecified atom stereocenters. The summed E-state index contributed by atoms with van der Waals surface area (Å²) < 4.78 is 29.9. The maximum Gasteiger partial charge on any atom is 0.387 e. The third kappa shape index (κ3) is 2.18. The monoisotopic (exact) mass is 294 g/mol. The van der Waals surface area contributed by atoms with Gasteiger partial charge in [-0.15, -0.1) is 0 Å². The largest absolute Gasteiger partial charge is 0.432 e. The second-order valence-electron chi connectivity index (χ2n) is 2.68. The first-order valence-corrected chi connectivity index (χ1v) is 5.47. The smallest absolute Gasteiger partial charge is 0.387 e. The first-order chi connectivity index (χ1) is 7.06. The van der Waals surface area contributed by atoms with Gasteiger partial charge in [0.05, 0.1) is 4.70 Å². The Labute approximate surface area is 96.0 Å². The molecule has 80 valence electrons. The minimum atomic E-state index is -2.87. The number of halogens is 3. The van der Waals surface area contributed by atoms with Crippen molar-refractivity contribution in [3.63, 3.8) is 0 Å². The van der Waals surface area contributed by atoms with E-state index < -0.39 is 6.61 Å². The molecule has 0 atom stereocenters. The van der Waals surface area contributed by atoms with Crippen molar-refractivity contribution in [1.82, 2.24) is 4.98 Å². The third-order valence-electron chi connectivity index (χ3n) is 1.66. The average molecular weight is 295 g/mol. The summed E-state index contributed by atoms with van der Waals surface area (Å²) in [7, 11) is 0. The molecule has 1 heterocycles. The van der Waals surface area contributed by atoms with Crippen molar-refractivity contribution < 1.29 is 13.5 Å². The molecule has 0 aliphatic heterocycles. The van der Waals surface area contributed by atoms with E-state index in [4.69, 9.17) is 5.73 Å². The van der Waals surface area contributed by atoms with Gasteiger partial charge in [-0.2, -0.15) is 8.78 Å². The normalized spacial score (nSPS) is 11.2. The van der Waals surface area contributed by atoms with Gasteiger partial charge in [0.2, 0.25) is 0 Å². The number of aromatic nitrogens is 1. The fraction of sp³-hybridized carbons (Fsp3) is 0.125. The highest BCUT2D eigenvalue weighted by Gasteiger charge is 2.13. The summed E-state index contributed by atoms with van der Waals surface area (Å²) in [4.78, 5) is 3.92. The van der Waals surface area contributed by atoms with Crippen LogP contribution >= 0.6 is 27.3 Å². The first-order valence-electron chi connectivity index (χ1n) is 3.86. The molecule has 1 aromatic heterocycles. The summed E-state index contributed by atoms with van der Waals surface area (Å²) in [6, 6.07) is 3.19. The van der Waals surface area contributed by atoms with Gasteiger partial charge in [-0.3, -0.25) is 0 Å². The van der Waals surface area contributed by atoms with Crippen LogP contribution < -0.4 is 10.5 Å². The summed E-state index contributed by atoms with van der Waals surface area (Å²) >= 11 is 4.41. The van der Waals surface area contributed by atoms with Gasteiger partial charge in [0.25, 0.3) is 0 Å². The molecule has 3 nitrogen and oxygen atoms in total. The molecule has 0 spiro atoms. The first kappa shape index (κ1) is 10.6. The number of thiazole rings is 1. The predicted molar refractivity (Wildman–Crippen MR) is 58.4 cm³/mol. The number of ether oxygens (including phenoxy) is 1. The lowest BCUT2D eigenvalue weighted by atomic mass is 10.3. The molecule has 0 saturated heterocycles. The minimum absolute atomic E-state index is 0.0299. The Morgan fingerprint density at radius 1 is 1.47 bits per heavy atom. The molecule has 2 aromatic rings. The number of hydrogen-bond acceptors (Lipinski definition) is 4. The number of nitrogens with zero attached hydrogens (tertiary/aromatic N) is 1. The van der Waals surface area contributed by atoms with Gasteiger partial charge in [0.1, 0.15) is 5.52 Å². The number of benzene rings is 1. The summed E-state index contributed by atoms with van der Waals surface area (Å²) in [6.07, 6.45) is 0. The van der Waals surface area contributed by atoms with Crippen molar-refractivity contribution in [3.8, 4) is 5.75 Å². The topological polar surface area (TPSA) is 48.1 Å². The standard InChI is InChI=1S/C8H5BrF2N2OS/c9-3-1-4(14-7(10)11)6-5(2-3)15-8(12)13-6/h1-2,7H,(H2,12,13). The Bertz CT molecular complexity index is 503. The van der Waals surface area contributed by atoms with Crippen LogP contribution in [-0.4, -0.2) is 11.6 Å². The fourth-order valence-electron chi connectivity index (χ4n) is 1.17. The highest BCUT2D eigenvalue weighted by atomic mass is 79.9. The SMILES string of the molecule is Nc1nc2c(OC(F)F)cc(Br)cc2s1. The molecular formula is C8H5BrF2N2OS. The van der Waals surface area contributed by atoms with Crippen molar-refractivity contribution in [2.75, 3.05) is 5.73 Å². The van der Waals surface area contributed by atoms with Crippen LogP contribution in [0.5, 0.6) is 5.75 Å². The van der Waals surface area contributed by atoms with Crippen LogP contribution in [0, 0.1) is 0 Å². The second kappa shape index (κ2) is 3.90. The maximum absolute atomic E-state index is 12.1. The van der Waals surface area contributed by atoms with E-state index in [2.05, 4.69) is 25.7 Å². The molecule has 7 heteroatoms. The van der Waals surface area contributed by atoms with Crippen LogP contribution in [0.15, 0.2) is 16.6 Å². The number of anilines is 1. The molecule has 0 aliphatic rings. The number of alkyl halides is 2. The maximum atomic E-state index is 12.1. The van der Waals surface area contributed by atoms with Crippen molar-refractivity contribution in [2.24, 2.45) is 0 Å². The van der Waals surface area contributed by atoms with E-state index in [9.17, 15) is 8.78 Å². The fourth-order valence-corrected chi connectivity index (χ4v) is 2.55. The highest BCUT2D eigenvalue weighted by molar-refractivity contribution is 9.10. The van der Waals surface area contributed by atoms with Crippen LogP contribution in [0.3, 0.4) is 0 Å². The van der Waals surface area contributed by atoms with Gasteiger partial charge in [0.15, 0.2) is 10.9 Å². The molecule has 2 rings (SSSR count). The molecular weight excluding hydrogens is 290 g/mol. The molecule has 0 bridgehead atoms. The van der Waals surface area contributed by atoms with Crippen LogP contribution in [0.25, 0.3) is 10.2 Å². The summed E-state index contributed by atoms with van der Waals surface area (Å²) in [5.41, 5.74) is 5.85. The number of hydrogen-bond donors (Lipinski definition) is 1. The van der Waals surface area contributed by atoms with E-state index in [1.807, 2.05) is 0 Å². The molecule has 0 aliphatic carbocycles. The zero-order chi connectivity index (χ0) is 11.0. The number of nitrogen functional groups attached to an aromatic ring is 1. The van der Waals surface area contributed by atoms with Gasteiger partial charge in [-0.05, 0) is 12.1 Å². The van der Waals surface area contributed by atoms with E-state index in [1.165, 1.54) is 17.4 Å². The van der Waals surface area contributed by atoms with Crippen LogP contribution in [0.2, 0.25) is 0 Å². The van der Waals surface area contributed by atoms with Crippen molar-refractivity contribution in [2.45, 2.75) is 6.61 Å². The molecule has 2 N–H and O–H groups in total. The van der Waals surface area contributed by atoms with Crippen molar-refractivity contribution in [1.29, 1.82) is 0 Å². The van der Waals surface area contributed by atoms with E-state index in [0.717, 1.165) is 0 Å². The Kier molecular flexibility index (Phi) is 2.74. The zero-order valence-electron chi connectivity index (χ0n) is 7.21. The van der Waals surface area contributed by atoms with Gasteiger partial charge in [-0.25, -0.2) is 4.98 Å². The average Bonchev–Trinajstić information content (AvgIpc) is 2.44. The predicted octanol–water partition coefficient (Wildman–Crippen LogP) is 3.24. The summed E-state index contributed by atoms with van der Waals surface area (Å²) in [5, 5.41) is 0.321. The lowest BCUT2D eigenvalue weighted by Crippen LogP contribution is -2.02. The lowest BCUT2D eigenvalue weighted by Gasteiger charge is -2.04. The van der Waals surface area contributed by atoms with E-state index in [-0.39, 0.29) is 5.75 Å². The zero-order valence-corrected chi connectivity index (χ0v) is 9.61. The van der Waals surface area contributed by atoms with Crippen molar-refractivity contribution >= 4 is 42.6 Å². The van der Waals surface area contributed by atoms with Gasteiger partial charge in [0, 0.05) is 4.47 Å². The van der Waals surface area contributed by atoms with Crippen molar-refractivity contribution in [3.05, 3.63) is 16.6 Å². The van der Waals surface area contributed by atoms with E-state index >= 15 is 0 Å². The van der Waals surface area contributed by atoms with Gasteiger partial charge >= 0.3 is 6.61 Å². The Morgan fingerprint density at radius 3 is 2.87 bits per heavy atom. The Hall–Kier alpha value is -0.950. The Balaban J connectivity index is 2.59. The molecule has 1 aromatic carbocycles. The van der Waals surface area contributed by atoms with Crippen LogP contribution in [0.4, 0.5) is 13.9 Å². The molecule has 0 saturated carbocycles. The highest BCUT2D eigenvalue weighted by Crippen LogP contribution is 2.35. The number of nitrogens with two attached hydrogens (primary N) is 1. The van der Waals surface area contributed by atoms with Crippen LogP contribution in [-0.2, 0) is 0 Å². The number of fused-ring (bicyclic) bond motifs is 1. The third-order valence-corrected chi connectivity index (χ3v) is 2.95. The van der Waals surface area contributed by atoms with Crippen LogP contribution in [0.1, 0.15) is 0 Å². The Morgan fingerprint density at radius 2 is 2.20 bits per heavy atom. The van der Waals surface area contributed by atoms with Gasteiger partial charge < -0.3 is 10.5 Å².